The van der Waals surface area contributed by atoms with E-state index in [4.69, 9.17) is 0 Å². The first-order valence-corrected chi connectivity index (χ1v) is 6.94. The molecule has 1 amide bonds. The van der Waals surface area contributed by atoms with Crippen LogP contribution in [0.3, 0.4) is 0 Å². The smallest absolute Gasteiger partial charge is 0.307 e. The van der Waals surface area contributed by atoms with Gasteiger partial charge in [-0.3, -0.25) is 14.5 Å². The van der Waals surface area contributed by atoms with Gasteiger partial charge in [0.05, 0.1) is 5.69 Å². The van der Waals surface area contributed by atoms with Crippen molar-refractivity contribution in [1.29, 1.82) is 0 Å². The van der Waals surface area contributed by atoms with Crippen LogP contribution in [0, 0.1) is 0 Å². The van der Waals surface area contributed by atoms with Gasteiger partial charge in [0.25, 0.3) is 0 Å². The minimum Gasteiger partial charge on any atom is -0.307 e. The van der Waals surface area contributed by atoms with Crippen LogP contribution in [-0.4, -0.2) is 25.7 Å². The fraction of sp³-hybridized carbons (Fsp3) is 0.429. The van der Waals surface area contributed by atoms with Gasteiger partial charge in [-0.15, -0.1) is 0 Å². The summed E-state index contributed by atoms with van der Waals surface area (Å²) in [7, 11) is 0. The van der Waals surface area contributed by atoms with Crippen molar-refractivity contribution in [2.24, 2.45) is 0 Å². The molecule has 6 nitrogen and oxygen atoms in total. The number of aromatic nitrogens is 4. The maximum absolute atomic E-state index is 12.6. The van der Waals surface area contributed by atoms with E-state index in [0.29, 0.717) is 11.5 Å². The standard InChI is InChI=1S/C14H16F3N5O/c1-8(2)11-12(19-6-5-18-11)20-13(23)9(3)22-7-4-10(21-22)14(15,16)17/h4-9H,1-3H3,(H,19,20,23). The first kappa shape index (κ1) is 16.9. The first-order valence-electron chi connectivity index (χ1n) is 6.94. The van der Waals surface area contributed by atoms with Crippen LogP contribution in [0.15, 0.2) is 24.7 Å². The zero-order valence-electron chi connectivity index (χ0n) is 12.8. The molecule has 23 heavy (non-hydrogen) atoms. The minimum atomic E-state index is -4.54. The van der Waals surface area contributed by atoms with Gasteiger partial charge < -0.3 is 5.32 Å². The highest BCUT2D eigenvalue weighted by molar-refractivity contribution is 5.93. The Morgan fingerprint density at radius 1 is 1.22 bits per heavy atom. The van der Waals surface area contributed by atoms with Crippen molar-refractivity contribution >= 4 is 11.7 Å². The molecule has 0 fully saturated rings. The van der Waals surface area contributed by atoms with Gasteiger partial charge in [-0.05, 0) is 18.9 Å². The quantitative estimate of drug-likeness (QED) is 0.937. The summed E-state index contributed by atoms with van der Waals surface area (Å²) >= 11 is 0. The number of hydrogen-bond donors (Lipinski definition) is 1. The zero-order chi connectivity index (χ0) is 17.2. The first-order chi connectivity index (χ1) is 10.7. The molecular weight excluding hydrogens is 311 g/mol. The van der Waals surface area contributed by atoms with Crippen molar-refractivity contribution in [3.63, 3.8) is 0 Å². The molecule has 1 N–H and O–H groups in total. The molecule has 1 atom stereocenters. The van der Waals surface area contributed by atoms with E-state index in [-0.39, 0.29) is 5.92 Å². The number of amides is 1. The highest BCUT2D eigenvalue weighted by atomic mass is 19.4. The van der Waals surface area contributed by atoms with Crippen LogP contribution in [0.2, 0.25) is 0 Å². The predicted octanol–water partition coefficient (Wildman–Crippen LogP) is 3.02. The highest BCUT2D eigenvalue weighted by Gasteiger charge is 2.34. The van der Waals surface area contributed by atoms with Crippen LogP contribution in [0.25, 0.3) is 0 Å². The number of anilines is 1. The van der Waals surface area contributed by atoms with Crippen molar-refractivity contribution in [1.82, 2.24) is 19.7 Å². The van der Waals surface area contributed by atoms with Gasteiger partial charge in [-0.25, -0.2) is 4.98 Å². The van der Waals surface area contributed by atoms with Gasteiger partial charge in [0, 0.05) is 18.6 Å². The topological polar surface area (TPSA) is 72.7 Å². The molecule has 2 aromatic heterocycles. The fourth-order valence-electron chi connectivity index (χ4n) is 1.91. The number of rotatable bonds is 4. The van der Waals surface area contributed by atoms with Gasteiger partial charge in [0.15, 0.2) is 11.5 Å². The lowest BCUT2D eigenvalue weighted by Gasteiger charge is -2.15. The second-order valence-corrected chi connectivity index (χ2v) is 5.29. The molecule has 0 aliphatic rings. The van der Waals surface area contributed by atoms with Crippen LogP contribution >= 0.6 is 0 Å². The zero-order valence-corrected chi connectivity index (χ0v) is 12.8. The molecule has 0 aliphatic heterocycles. The third-order valence-corrected chi connectivity index (χ3v) is 3.19. The fourth-order valence-corrected chi connectivity index (χ4v) is 1.91. The number of carbonyl (C=O) groups is 1. The molecule has 2 heterocycles. The number of halogens is 3. The van der Waals surface area contributed by atoms with Crippen molar-refractivity contribution in [2.45, 2.75) is 38.9 Å². The molecule has 9 heteroatoms. The van der Waals surface area contributed by atoms with Crippen molar-refractivity contribution in [2.75, 3.05) is 5.32 Å². The Hall–Kier alpha value is -2.45. The predicted molar refractivity (Wildman–Crippen MR) is 76.7 cm³/mol. The average Bonchev–Trinajstić information content (AvgIpc) is 2.96. The Labute approximate surface area is 130 Å². The Bertz CT molecular complexity index is 696. The van der Waals surface area contributed by atoms with Crippen LogP contribution in [0.1, 0.15) is 44.1 Å². The van der Waals surface area contributed by atoms with E-state index in [1.165, 1.54) is 19.3 Å². The van der Waals surface area contributed by atoms with Crippen molar-refractivity contribution in [3.05, 3.63) is 36.0 Å². The molecule has 1 unspecified atom stereocenters. The number of carbonyl (C=O) groups excluding carboxylic acids is 1. The molecule has 0 bridgehead atoms. The number of nitrogens with one attached hydrogen (secondary N) is 1. The van der Waals surface area contributed by atoms with E-state index in [2.05, 4.69) is 20.4 Å². The molecule has 124 valence electrons. The maximum atomic E-state index is 12.6. The Morgan fingerprint density at radius 2 is 1.87 bits per heavy atom. The van der Waals surface area contributed by atoms with E-state index >= 15 is 0 Å². The molecule has 0 spiro atoms. The Morgan fingerprint density at radius 3 is 2.43 bits per heavy atom. The molecular formula is C14H16F3N5O. The van der Waals surface area contributed by atoms with Crippen LogP contribution in [0.4, 0.5) is 19.0 Å². The van der Waals surface area contributed by atoms with E-state index in [9.17, 15) is 18.0 Å². The van der Waals surface area contributed by atoms with Gasteiger partial charge in [0.2, 0.25) is 5.91 Å². The Balaban J connectivity index is 2.16. The lowest BCUT2D eigenvalue weighted by molar-refractivity contribution is -0.141. The number of alkyl halides is 3. The van der Waals surface area contributed by atoms with Gasteiger partial charge in [-0.2, -0.15) is 18.3 Å². The molecule has 0 aromatic carbocycles. The lowest BCUT2D eigenvalue weighted by Crippen LogP contribution is -2.26. The molecule has 0 saturated heterocycles. The van der Waals surface area contributed by atoms with Crippen LogP contribution < -0.4 is 5.32 Å². The summed E-state index contributed by atoms with van der Waals surface area (Å²) in [6, 6.07) is -0.0980. The monoisotopic (exact) mass is 327 g/mol. The third kappa shape index (κ3) is 3.85. The second kappa shape index (κ2) is 6.35. The van der Waals surface area contributed by atoms with Gasteiger partial charge in [0.1, 0.15) is 6.04 Å². The summed E-state index contributed by atoms with van der Waals surface area (Å²) in [6.07, 6.45) is -0.483. The summed E-state index contributed by atoms with van der Waals surface area (Å²) < 4.78 is 38.6. The molecule has 0 aliphatic carbocycles. The van der Waals surface area contributed by atoms with E-state index in [0.717, 1.165) is 16.9 Å². The summed E-state index contributed by atoms with van der Waals surface area (Å²) in [5, 5.41) is 5.98. The van der Waals surface area contributed by atoms with E-state index in [1.54, 1.807) is 0 Å². The summed E-state index contributed by atoms with van der Waals surface area (Å²) in [4.78, 5) is 20.4. The third-order valence-electron chi connectivity index (χ3n) is 3.19. The SMILES string of the molecule is CC(C)c1nccnc1NC(=O)C(C)n1ccc(C(F)(F)F)n1. The summed E-state index contributed by atoms with van der Waals surface area (Å²) in [5.41, 5.74) is -0.441. The molecule has 0 radical (unpaired) electrons. The van der Waals surface area contributed by atoms with Crippen molar-refractivity contribution in [3.8, 4) is 0 Å². The second-order valence-electron chi connectivity index (χ2n) is 5.29. The normalized spacial score (nSPS) is 13.2. The average molecular weight is 327 g/mol. The highest BCUT2D eigenvalue weighted by Crippen LogP contribution is 2.28. The number of nitrogens with zero attached hydrogens (tertiary/aromatic N) is 4. The van der Waals surface area contributed by atoms with Gasteiger partial charge >= 0.3 is 6.18 Å². The minimum absolute atomic E-state index is 0.0378. The maximum Gasteiger partial charge on any atom is 0.435 e. The Kier molecular flexibility index (Phi) is 4.67. The summed E-state index contributed by atoms with van der Waals surface area (Å²) in [6.45, 7) is 5.24. The lowest BCUT2D eigenvalue weighted by atomic mass is 10.1. The molecule has 0 saturated carbocycles. The van der Waals surface area contributed by atoms with Crippen molar-refractivity contribution < 1.29 is 18.0 Å². The summed E-state index contributed by atoms with van der Waals surface area (Å²) in [5.74, 6) is -0.192. The van der Waals surface area contributed by atoms with Crippen LogP contribution in [-0.2, 0) is 11.0 Å². The van der Waals surface area contributed by atoms with Gasteiger partial charge in [-0.1, -0.05) is 13.8 Å². The van der Waals surface area contributed by atoms with E-state index in [1.807, 2.05) is 13.8 Å². The largest absolute Gasteiger partial charge is 0.435 e. The molecule has 2 rings (SSSR count). The molecule has 2 aromatic rings. The number of hydrogen-bond acceptors (Lipinski definition) is 4. The van der Waals surface area contributed by atoms with E-state index < -0.39 is 23.8 Å². The van der Waals surface area contributed by atoms with Crippen LogP contribution in [0.5, 0.6) is 0 Å².